The standard InChI is InChI=1S/C20H38N6O.HI/c1-5-21-20(23-16-18-15-19(17(3)4)24-27-18)22-9-7-8-10-26-13-11-25(6-2)12-14-26;/h15,17H,5-14,16H2,1-4H3,(H2,21,22,23);1H. The molecule has 0 radical (unpaired) electrons. The molecule has 1 fully saturated rings. The molecule has 0 amide bonds. The van der Waals surface area contributed by atoms with Crippen LogP contribution in [0.4, 0.5) is 0 Å². The lowest BCUT2D eigenvalue weighted by atomic mass is 10.1. The summed E-state index contributed by atoms with van der Waals surface area (Å²) in [5.41, 5.74) is 0.984. The van der Waals surface area contributed by atoms with Crippen molar-refractivity contribution in [3.05, 3.63) is 17.5 Å². The van der Waals surface area contributed by atoms with Crippen LogP contribution in [0.2, 0.25) is 0 Å². The van der Waals surface area contributed by atoms with Gasteiger partial charge in [0.25, 0.3) is 0 Å². The summed E-state index contributed by atoms with van der Waals surface area (Å²) < 4.78 is 5.36. The monoisotopic (exact) mass is 506 g/mol. The number of piperazine rings is 1. The van der Waals surface area contributed by atoms with Gasteiger partial charge in [0, 0.05) is 45.3 Å². The van der Waals surface area contributed by atoms with Gasteiger partial charge < -0.3 is 25.0 Å². The second kappa shape index (κ2) is 14.2. The second-order valence-corrected chi connectivity index (χ2v) is 7.48. The minimum absolute atomic E-state index is 0. The molecule has 2 heterocycles. The van der Waals surface area contributed by atoms with Crippen molar-refractivity contribution in [2.75, 3.05) is 52.4 Å². The third-order valence-corrected chi connectivity index (χ3v) is 5.01. The van der Waals surface area contributed by atoms with E-state index >= 15 is 0 Å². The summed E-state index contributed by atoms with van der Waals surface area (Å²) in [6.07, 6.45) is 2.37. The molecule has 1 aliphatic heterocycles. The lowest BCUT2D eigenvalue weighted by Crippen LogP contribution is -2.46. The Morgan fingerprint density at radius 2 is 1.86 bits per heavy atom. The number of halogens is 1. The van der Waals surface area contributed by atoms with Gasteiger partial charge in [-0.2, -0.15) is 0 Å². The van der Waals surface area contributed by atoms with E-state index in [2.05, 4.69) is 58.3 Å². The van der Waals surface area contributed by atoms with Gasteiger partial charge >= 0.3 is 0 Å². The number of nitrogens with one attached hydrogen (secondary N) is 2. The molecule has 0 bridgehead atoms. The van der Waals surface area contributed by atoms with Gasteiger partial charge in [-0.15, -0.1) is 24.0 Å². The summed E-state index contributed by atoms with van der Waals surface area (Å²) in [7, 11) is 0. The second-order valence-electron chi connectivity index (χ2n) is 7.48. The molecule has 2 rings (SSSR count). The number of likely N-dealkylation sites (N-methyl/N-ethyl adjacent to an activating group) is 1. The van der Waals surface area contributed by atoms with Crippen molar-refractivity contribution in [2.45, 2.75) is 53.0 Å². The summed E-state index contributed by atoms with van der Waals surface area (Å²) in [5, 5.41) is 10.8. The Bertz CT molecular complexity index is 555. The zero-order valence-electron chi connectivity index (χ0n) is 18.0. The number of guanidine groups is 1. The summed E-state index contributed by atoms with van der Waals surface area (Å²) in [6.45, 7) is 18.1. The molecule has 8 heteroatoms. The summed E-state index contributed by atoms with van der Waals surface area (Å²) in [5.74, 6) is 2.03. The van der Waals surface area contributed by atoms with Crippen molar-refractivity contribution in [3.63, 3.8) is 0 Å². The van der Waals surface area contributed by atoms with Gasteiger partial charge in [-0.05, 0) is 38.8 Å². The largest absolute Gasteiger partial charge is 0.359 e. The highest BCUT2D eigenvalue weighted by atomic mass is 127. The average Bonchev–Trinajstić information content (AvgIpc) is 3.15. The highest BCUT2D eigenvalue weighted by molar-refractivity contribution is 14.0. The van der Waals surface area contributed by atoms with Crippen molar-refractivity contribution in [1.82, 2.24) is 25.6 Å². The Morgan fingerprint density at radius 3 is 2.46 bits per heavy atom. The van der Waals surface area contributed by atoms with E-state index in [-0.39, 0.29) is 24.0 Å². The first-order chi connectivity index (χ1) is 13.1. The van der Waals surface area contributed by atoms with Gasteiger partial charge in [0.2, 0.25) is 0 Å². The van der Waals surface area contributed by atoms with Gasteiger partial charge in [0.15, 0.2) is 11.7 Å². The number of aromatic nitrogens is 1. The van der Waals surface area contributed by atoms with Crippen molar-refractivity contribution < 1.29 is 4.52 Å². The van der Waals surface area contributed by atoms with E-state index in [0.29, 0.717) is 12.5 Å². The van der Waals surface area contributed by atoms with E-state index in [1.54, 1.807) is 0 Å². The smallest absolute Gasteiger partial charge is 0.191 e. The third kappa shape index (κ3) is 9.09. The van der Waals surface area contributed by atoms with Crippen LogP contribution in [-0.2, 0) is 6.54 Å². The van der Waals surface area contributed by atoms with E-state index in [1.165, 1.54) is 45.7 Å². The van der Waals surface area contributed by atoms with Crippen molar-refractivity contribution in [1.29, 1.82) is 0 Å². The van der Waals surface area contributed by atoms with Crippen LogP contribution in [0, 0.1) is 0 Å². The zero-order valence-corrected chi connectivity index (χ0v) is 20.4. The Morgan fingerprint density at radius 1 is 1.14 bits per heavy atom. The maximum absolute atomic E-state index is 5.36. The van der Waals surface area contributed by atoms with Crippen LogP contribution in [-0.4, -0.2) is 73.3 Å². The Kier molecular flexibility index (Phi) is 12.7. The van der Waals surface area contributed by atoms with Crippen molar-refractivity contribution >= 4 is 29.9 Å². The fourth-order valence-electron chi connectivity index (χ4n) is 3.17. The van der Waals surface area contributed by atoms with Crippen LogP contribution in [0.5, 0.6) is 0 Å². The molecule has 1 aromatic rings. The molecule has 0 saturated carbocycles. The lowest BCUT2D eigenvalue weighted by Gasteiger charge is -2.34. The number of nitrogens with zero attached hydrogens (tertiary/aromatic N) is 4. The fourth-order valence-corrected chi connectivity index (χ4v) is 3.17. The molecule has 0 aromatic carbocycles. The van der Waals surface area contributed by atoms with E-state index in [0.717, 1.165) is 36.9 Å². The minimum Gasteiger partial charge on any atom is -0.359 e. The predicted molar refractivity (Wildman–Crippen MR) is 127 cm³/mol. The summed E-state index contributed by atoms with van der Waals surface area (Å²) >= 11 is 0. The first-order valence-electron chi connectivity index (χ1n) is 10.5. The lowest BCUT2D eigenvalue weighted by molar-refractivity contribution is 0.136. The summed E-state index contributed by atoms with van der Waals surface area (Å²) in [6, 6.07) is 2.00. The quantitative estimate of drug-likeness (QED) is 0.220. The predicted octanol–water partition coefficient (Wildman–Crippen LogP) is 2.89. The van der Waals surface area contributed by atoms with Crippen LogP contribution in [0.25, 0.3) is 0 Å². The molecule has 1 aliphatic rings. The Balaban J connectivity index is 0.00000392. The van der Waals surface area contributed by atoms with Gasteiger partial charge in [0.1, 0.15) is 6.54 Å². The maximum atomic E-state index is 5.36. The molecule has 1 aromatic heterocycles. The number of unbranched alkanes of at least 4 members (excludes halogenated alkanes) is 1. The molecule has 2 N–H and O–H groups in total. The molecule has 0 aliphatic carbocycles. The first-order valence-corrected chi connectivity index (χ1v) is 10.5. The molecule has 162 valence electrons. The third-order valence-electron chi connectivity index (χ3n) is 5.01. The number of rotatable bonds is 10. The SMILES string of the molecule is CCNC(=NCc1cc(C(C)C)no1)NCCCCN1CCN(CC)CC1.I. The van der Waals surface area contributed by atoms with Crippen LogP contribution in [0.15, 0.2) is 15.6 Å². The Hall–Kier alpha value is -0.870. The van der Waals surface area contributed by atoms with Gasteiger partial charge in [-0.25, -0.2) is 4.99 Å². The van der Waals surface area contributed by atoms with E-state index in [9.17, 15) is 0 Å². The summed E-state index contributed by atoms with van der Waals surface area (Å²) in [4.78, 5) is 9.72. The normalized spacial score (nSPS) is 16.2. The van der Waals surface area contributed by atoms with Gasteiger partial charge in [0.05, 0.1) is 5.69 Å². The molecule has 0 unspecified atom stereocenters. The van der Waals surface area contributed by atoms with Crippen LogP contribution >= 0.6 is 24.0 Å². The van der Waals surface area contributed by atoms with E-state index in [4.69, 9.17) is 4.52 Å². The highest BCUT2D eigenvalue weighted by Gasteiger charge is 2.14. The molecule has 0 spiro atoms. The van der Waals surface area contributed by atoms with Crippen LogP contribution in [0.3, 0.4) is 0 Å². The maximum Gasteiger partial charge on any atom is 0.191 e. The minimum atomic E-state index is 0. The van der Waals surface area contributed by atoms with Gasteiger partial charge in [-0.3, -0.25) is 0 Å². The molecule has 28 heavy (non-hydrogen) atoms. The molecule has 1 saturated heterocycles. The van der Waals surface area contributed by atoms with Crippen molar-refractivity contribution in [2.24, 2.45) is 4.99 Å². The average molecular weight is 506 g/mol. The fraction of sp³-hybridized carbons (Fsp3) is 0.800. The van der Waals surface area contributed by atoms with E-state index < -0.39 is 0 Å². The van der Waals surface area contributed by atoms with Crippen LogP contribution < -0.4 is 10.6 Å². The van der Waals surface area contributed by atoms with E-state index in [1.807, 2.05) is 6.07 Å². The van der Waals surface area contributed by atoms with Crippen LogP contribution in [0.1, 0.15) is 57.9 Å². The zero-order chi connectivity index (χ0) is 19.5. The number of hydrogen-bond donors (Lipinski definition) is 2. The molecule has 0 atom stereocenters. The highest BCUT2D eigenvalue weighted by Crippen LogP contribution is 2.14. The number of hydrogen-bond acceptors (Lipinski definition) is 5. The topological polar surface area (TPSA) is 68.9 Å². The molecular weight excluding hydrogens is 467 g/mol. The van der Waals surface area contributed by atoms with Gasteiger partial charge in [-0.1, -0.05) is 25.9 Å². The molecule has 7 nitrogen and oxygen atoms in total. The Labute approximate surface area is 187 Å². The molecular formula is C20H39IN6O. The van der Waals surface area contributed by atoms with Crippen molar-refractivity contribution in [3.8, 4) is 0 Å². The number of aliphatic imine (C=N–C) groups is 1. The first kappa shape index (κ1) is 25.2.